The van der Waals surface area contributed by atoms with Gasteiger partial charge in [-0.3, -0.25) is 0 Å². The third-order valence-electron chi connectivity index (χ3n) is 2.76. The molecule has 4 heteroatoms. The zero-order chi connectivity index (χ0) is 10.0. The highest BCUT2D eigenvalue weighted by Gasteiger charge is 2.39. The van der Waals surface area contributed by atoms with E-state index in [1.165, 1.54) is 0 Å². The lowest BCUT2D eigenvalue weighted by Gasteiger charge is -2.40. The van der Waals surface area contributed by atoms with Crippen molar-refractivity contribution in [3.8, 4) is 0 Å². The second-order valence-corrected chi connectivity index (χ2v) is 3.73. The molecular weight excluding hydrogens is 172 g/mol. The first-order valence-corrected chi connectivity index (χ1v) is 4.70. The van der Waals surface area contributed by atoms with Gasteiger partial charge >= 0.3 is 0 Å². The van der Waals surface area contributed by atoms with Crippen molar-refractivity contribution in [2.75, 3.05) is 6.61 Å². The maximum Gasteiger partial charge on any atom is 0.106 e. The van der Waals surface area contributed by atoms with Crippen molar-refractivity contribution in [2.45, 2.75) is 44.7 Å². The van der Waals surface area contributed by atoms with E-state index in [1.54, 1.807) is 6.92 Å². The van der Waals surface area contributed by atoms with Crippen molar-refractivity contribution in [1.29, 1.82) is 0 Å². The molecule has 0 saturated carbocycles. The molecule has 78 valence electrons. The topological polar surface area (TPSA) is 69.9 Å². The fraction of sp³-hybridized carbons (Fsp3) is 1.00. The van der Waals surface area contributed by atoms with E-state index < -0.39 is 12.2 Å². The third-order valence-corrected chi connectivity index (χ3v) is 2.76. The number of ether oxygens (including phenoxy) is 1. The van der Waals surface area contributed by atoms with Gasteiger partial charge in [-0.2, -0.15) is 0 Å². The van der Waals surface area contributed by atoms with E-state index in [4.69, 9.17) is 9.84 Å². The fourth-order valence-corrected chi connectivity index (χ4v) is 1.75. The lowest BCUT2D eigenvalue weighted by atomic mass is 9.87. The van der Waals surface area contributed by atoms with Gasteiger partial charge < -0.3 is 20.1 Å². The summed E-state index contributed by atoms with van der Waals surface area (Å²) in [5, 5.41) is 27.8. The van der Waals surface area contributed by atoms with Crippen molar-refractivity contribution in [2.24, 2.45) is 5.92 Å². The summed E-state index contributed by atoms with van der Waals surface area (Å²) in [5.74, 6) is -0.127. The van der Waals surface area contributed by atoms with E-state index in [-0.39, 0.29) is 24.7 Å². The van der Waals surface area contributed by atoms with Crippen LogP contribution in [0.25, 0.3) is 0 Å². The van der Waals surface area contributed by atoms with Crippen LogP contribution in [0, 0.1) is 5.92 Å². The van der Waals surface area contributed by atoms with Gasteiger partial charge in [0.15, 0.2) is 0 Å². The Morgan fingerprint density at radius 1 is 1.15 bits per heavy atom. The Morgan fingerprint density at radius 3 is 2.31 bits per heavy atom. The molecule has 0 radical (unpaired) electrons. The Bertz CT molecular complexity index is 162. The number of aliphatic hydroxyl groups excluding tert-OH is 3. The molecule has 0 aromatic carbocycles. The molecule has 1 saturated heterocycles. The van der Waals surface area contributed by atoms with Crippen LogP contribution in [0.4, 0.5) is 0 Å². The number of hydrogen-bond donors (Lipinski definition) is 3. The Hall–Kier alpha value is -0.160. The Labute approximate surface area is 78.1 Å². The van der Waals surface area contributed by atoms with Crippen molar-refractivity contribution >= 4 is 0 Å². The third kappa shape index (κ3) is 2.20. The molecule has 5 atom stereocenters. The van der Waals surface area contributed by atoms with Crippen LogP contribution in [0.5, 0.6) is 0 Å². The molecule has 1 aliphatic rings. The van der Waals surface area contributed by atoms with Gasteiger partial charge in [0.2, 0.25) is 0 Å². The van der Waals surface area contributed by atoms with E-state index in [1.807, 2.05) is 6.92 Å². The van der Waals surface area contributed by atoms with Crippen molar-refractivity contribution < 1.29 is 20.1 Å². The summed E-state index contributed by atoms with van der Waals surface area (Å²) in [6.45, 7) is 3.59. The summed E-state index contributed by atoms with van der Waals surface area (Å²) in [5.41, 5.74) is 0. The average Bonchev–Trinajstić information content (AvgIpc) is 2.11. The van der Waals surface area contributed by atoms with Gasteiger partial charge in [0.1, 0.15) is 6.10 Å². The highest BCUT2D eigenvalue weighted by Crippen LogP contribution is 2.27. The highest BCUT2D eigenvalue weighted by atomic mass is 16.5. The summed E-state index contributed by atoms with van der Waals surface area (Å²) in [7, 11) is 0. The predicted octanol–water partition coefficient (Wildman–Crippen LogP) is -0.486. The van der Waals surface area contributed by atoms with Crippen molar-refractivity contribution in [1.82, 2.24) is 0 Å². The van der Waals surface area contributed by atoms with Crippen LogP contribution < -0.4 is 0 Å². The lowest BCUT2D eigenvalue weighted by Crippen LogP contribution is -2.52. The van der Waals surface area contributed by atoms with Crippen LogP contribution in [0.15, 0.2) is 0 Å². The molecule has 1 heterocycles. The zero-order valence-electron chi connectivity index (χ0n) is 8.05. The standard InChI is InChI=1S/C9H18O4/c1-5-7(3-4-10)13-6(2)9(12)8(5)11/h5-12H,3-4H2,1-2H3. The molecule has 1 aliphatic heterocycles. The van der Waals surface area contributed by atoms with E-state index in [0.29, 0.717) is 6.42 Å². The summed E-state index contributed by atoms with van der Waals surface area (Å²) < 4.78 is 5.45. The molecule has 1 fully saturated rings. The van der Waals surface area contributed by atoms with Crippen molar-refractivity contribution in [3.05, 3.63) is 0 Å². The largest absolute Gasteiger partial charge is 0.396 e. The molecule has 0 amide bonds. The van der Waals surface area contributed by atoms with Crippen LogP contribution >= 0.6 is 0 Å². The molecule has 1 rings (SSSR count). The monoisotopic (exact) mass is 190 g/mol. The van der Waals surface area contributed by atoms with E-state index in [0.717, 1.165) is 0 Å². The lowest BCUT2D eigenvalue weighted by molar-refractivity contribution is -0.192. The summed E-state index contributed by atoms with van der Waals surface area (Å²) in [4.78, 5) is 0. The zero-order valence-corrected chi connectivity index (χ0v) is 8.05. The minimum Gasteiger partial charge on any atom is -0.396 e. The molecule has 13 heavy (non-hydrogen) atoms. The number of hydrogen-bond acceptors (Lipinski definition) is 4. The Balaban J connectivity index is 2.59. The Morgan fingerprint density at radius 2 is 1.77 bits per heavy atom. The van der Waals surface area contributed by atoms with Gasteiger partial charge in [-0.15, -0.1) is 0 Å². The molecule has 0 aromatic rings. The predicted molar refractivity (Wildman–Crippen MR) is 47.2 cm³/mol. The van der Waals surface area contributed by atoms with Gasteiger partial charge in [0, 0.05) is 12.5 Å². The molecule has 4 nitrogen and oxygen atoms in total. The summed E-state index contributed by atoms with van der Waals surface area (Å²) in [6, 6.07) is 0. The molecule has 3 N–H and O–H groups in total. The van der Waals surface area contributed by atoms with Gasteiger partial charge in [-0.1, -0.05) is 6.92 Å². The number of rotatable bonds is 2. The van der Waals surface area contributed by atoms with E-state index in [2.05, 4.69) is 0 Å². The van der Waals surface area contributed by atoms with Crippen LogP contribution in [0.1, 0.15) is 20.3 Å². The van der Waals surface area contributed by atoms with Crippen molar-refractivity contribution in [3.63, 3.8) is 0 Å². The summed E-state index contributed by atoms with van der Waals surface area (Å²) in [6.07, 6.45) is -1.57. The van der Waals surface area contributed by atoms with Gasteiger partial charge in [0.05, 0.1) is 18.3 Å². The summed E-state index contributed by atoms with van der Waals surface area (Å²) >= 11 is 0. The molecule has 0 aromatic heterocycles. The van der Waals surface area contributed by atoms with E-state index >= 15 is 0 Å². The second kappa shape index (κ2) is 4.37. The van der Waals surface area contributed by atoms with Crippen LogP contribution in [0.3, 0.4) is 0 Å². The first-order valence-electron chi connectivity index (χ1n) is 4.70. The molecule has 0 aliphatic carbocycles. The van der Waals surface area contributed by atoms with Gasteiger partial charge in [-0.05, 0) is 13.3 Å². The first kappa shape index (κ1) is 10.9. The fourth-order valence-electron chi connectivity index (χ4n) is 1.75. The van der Waals surface area contributed by atoms with Gasteiger partial charge in [0.25, 0.3) is 0 Å². The average molecular weight is 190 g/mol. The second-order valence-electron chi connectivity index (χ2n) is 3.73. The minimum atomic E-state index is -0.815. The molecule has 0 spiro atoms. The first-order chi connectivity index (χ1) is 6.07. The Kier molecular flexibility index (Phi) is 3.67. The SMILES string of the molecule is CC1OC(CCO)C(C)C(O)C1O. The van der Waals surface area contributed by atoms with Crippen LogP contribution in [-0.2, 0) is 4.74 Å². The van der Waals surface area contributed by atoms with Crippen LogP contribution in [-0.4, -0.2) is 46.3 Å². The normalized spacial score (nSPS) is 46.4. The maximum absolute atomic E-state index is 9.60. The van der Waals surface area contributed by atoms with Gasteiger partial charge in [-0.25, -0.2) is 0 Å². The number of aliphatic hydroxyl groups is 3. The minimum absolute atomic E-state index is 0.0462. The molecule has 0 bridgehead atoms. The molecule has 5 unspecified atom stereocenters. The highest BCUT2D eigenvalue weighted by molar-refractivity contribution is 4.87. The van der Waals surface area contributed by atoms with Crippen LogP contribution in [0.2, 0.25) is 0 Å². The smallest absolute Gasteiger partial charge is 0.106 e. The molecular formula is C9H18O4. The quantitative estimate of drug-likeness (QED) is 0.550. The maximum atomic E-state index is 9.60. The van der Waals surface area contributed by atoms with E-state index in [9.17, 15) is 10.2 Å².